The molecule has 1 heterocycles. The van der Waals surface area contributed by atoms with Crippen molar-refractivity contribution in [3.63, 3.8) is 0 Å². The van der Waals surface area contributed by atoms with Crippen LogP contribution in [0.5, 0.6) is 0 Å². The number of hydrogen-bond acceptors (Lipinski definition) is 3. The van der Waals surface area contributed by atoms with Crippen LogP contribution in [-0.2, 0) is 0 Å². The molecule has 0 aromatic carbocycles. The lowest BCUT2D eigenvalue weighted by atomic mass is 10.2. The van der Waals surface area contributed by atoms with E-state index in [1.807, 2.05) is 31.3 Å². The molecule has 3 nitrogen and oxygen atoms in total. The van der Waals surface area contributed by atoms with Gasteiger partial charge in [0.15, 0.2) is 0 Å². The third-order valence-corrected chi connectivity index (χ3v) is 3.14. The molecular formula is C14H20N2O. The maximum atomic E-state index is 9.69. The summed E-state index contributed by atoms with van der Waals surface area (Å²) in [6.45, 7) is 6.61. The zero-order chi connectivity index (χ0) is 12.3. The molecule has 1 aliphatic rings. The van der Waals surface area contributed by atoms with Crippen LogP contribution in [0.15, 0.2) is 31.0 Å². The Hall–Kier alpha value is -1.35. The van der Waals surface area contributed by atoms with E-state index >= 15 is 0 Å². The smallest absolute Gasteiger partial charge is 0.0957 e. The van der Waals surface area contributed by atoms with Gasteiger partial charge >= 0.3 is 0 Å². The molecule has 1 aromatic heterocycles. The summed E-state index contributed by atoms with van der Waals surface area (Å²) in [6, 6.07) is 4.61. The van der Waals surface area contributed by atoms with Crippen molar-refractivity contribution in [1.82, 2.24) is 4.98 Å². The van der Waals surface area contributed by atoms with Crippen LogP contribution in [0, 0.1) is 0 Å². The van der Waals surface area contributed by atoms with Gasteiger partial charge in [-0.1, -0.05) is 13.0 Å². The molecule has 0 radical (unpaired) electrons. The van der Waals surface area contributed by atoms with Crippen molar-refractivity contribution >= 4 is 5.69 Å². The number of anilines is 1. The van der Waals surface area contributed by atoms with Crippen LogP contribution in [0.3, 0.4) is 0 Å². The minimum Gasteiger partial charge on any atom is -0.387 e. The molecular weight excluding hydrogens is 212 g/mol. The zero-order valence-corrected chi connectivity index (χ0v) is 10.3. The van der Waals surface area contributed by atoms with Crippen molar-refractivity contribution in [2.24, 2.45) is 0 Å². The first-order valence-corrected chi connectivity index (χ1v) is 6.27. The topological polar surface area (TPSA) is 36.4 Å². The van der Waals surface area contributed by atoms with E-state index in [9.17, 15) is 5.11 Å². The van der Waals surface area contributed by atoms with Crippen LogP contribution in [0.25, 0.3) is 0 Å². The Morgan fingerprint density at radius 1 is 1.59 bits per heavy atom. The number of hydrogen-bond donors (Lipinski definition) is 1. The van der Waals surface area contributed by atoms with Crippen molar-refractivity contribution in [2.45, 2.75) is 38.3 Å². The molecule has 92 valence electrons. The summed E-state index contributed by atoms with van der Waals surface area (Å²) < 4.78 is 0. The molecule has 1 saturated carbocycles. The number of pyridine rings is 1. The van der Waals surface area contributed by atoms with E-state index in [1.165, 1.54) is 12.8 Å². The average molecular weight is 232 g/mol. The minimum absolute atomic E-state index is 0.446. The van der Waals surface area contributed by atoms with Crippen molar-refractivity contribution in [3.05, 3.63) is 36.7 Å². The van der Waals surface area contributed by atoms with Crippen LogP contribution in [0.4, 0.5) is 5.69 Å². The number of aromatic nitrogens is 1. The molecule has 2 rings (SSSR count). The summed E-state index contributed by atoms with van der Waals surface area (Å²) in [7, 11) is 0. The molecule has 1 aliphatic carbocycles. The normalized spacial score (nSPS) is 16.6. The highest BCUT2D eigenvalue weighted by atomic mass is 16.3. The van der Waals surface area contributed by atoms with E-state index in [4.69, 9.17) is 0 Å². The Labute approximate surface area is 103 Å². The Bertz CT molecular complexity index is 370. The number of aliphatic hydroxyl groups is 1. The lowest BCUT2D eigenvalue weighted by Gasteiger charge is -2.23. The van der Waals surface area contributed by atoms with Crippen molar-refractivity contribution in [3.8, 4) is 0 Å². The average Bonchev–Trinajstić information content (AvgIpc) is 3.19. The molecule has 1 atom stereocenters. The van der Waals surface area contributed by atoms with Gasteiger partial charge in [-0.3, -0.25) is 4.98 Å². The van der Waals surface area contributed by atoms with E-state index in [2.05, 4.69) is 16.5 Å². The number of nitrogens with zero attached hydrogens (tertiary/aromatic N) is 2. The maximum Gasteiger partial charge on any atom is 0.0957 e. The van der Waals surface area contributed by atoms with Gasteiger partial charge in [0.2, 0.25) is 0 Å². The van der Waals surface area contributed by atoms with Crippen LogP contribution in [-0.4, -0.2) is 22.7 Å². The fourth-order valence-electron chi connectivity index (χ4n) is 1.96. The van der Waals surface area contributed by atoms with E-state index in [1.54, 1.807) is 0 Å². The molecule has 1 aromatic rings. The number of rotatable bonds is 6. The fourth-order valence-corrected chi connectivity index (χ4v) is 1.96. The predicted molar refractivity (Wildman–Crippen MR) is 70.1 cm³/mol. The first-order valence-electron chi connectivity index (χ1n) is 6.27. The van der Waals surface area contributed by atoms with Gasteiger partial charge in [0, 0.05) is 12.6 Å². The molecule has 1 fully saturated rings. The van der Waals surface area contributed by atoms with Gasteiger partial charge in [0.1, 0.15) is 0 Å². The molecule has 1 unspecified atom stereocenters. The van der Waals surface area contributed by atoms with Crippen LogP contribution < -0.4 is 4.90 Å². The van der Waals surface area contributed by atoms with E-state index in [-0.39, 0.29) is 0 Å². The Morgan fingerprint density at radius 2 is 2.35 bits per heavy atom. The highest BCUT2D eigenvalue weighted by Crippen LogP contribution is 2.31. The molecule has 1 N–H and O–H groups in total. The van der Waals surface area contributed by atoms with Crippen LogP contribution >= 0.6 is 0 Å². The SMILES string of the molecule is C=CCN(c1ccc(C(O)CC)nc1)C1CC1. The molecule has 0 bridgehead atoms. The molecule has 0 spiro atoms. The third kappa shape index (κ3) is 2.86. The predicted octanol–water partition coefficient (Wildman–Crippen LogP) is 2.68. The van der Waals surface area contributed by atoms with Gasteiger partial charge in [-0.25, -0.2) is 0 Å². The van der Waals surface area contributed by atoms with E-state index in [0.29, 0.717) is 12.5 Å². The standard InChI is InChI=1S/C14H20N2O/c1-3-9-16(11-5-6-11)12-7-8-13(15-10-12)14(17)4-2/h3,7-8,10-11,14,17H,1,4-6,9H2,2H3. The lowest BCUT2D eigenvalue weighted by molar-refractivity contribution is 0.169. The minimum atomic E-state index is -0.446. The first-order chi connectivity index (χ1) is 8.26. The molecule has 0 amide bonds. The largest absolute Gasteiger partial charge is 0.387 e. The maximum absolute atomic E-state index is 9.69. The molecule has 3 heteroatoms. The third-order valence-electron chi connectivity index (χ3n) is 3.14. The summed E-state index contributed by atoms with van der Waals surface area (Å²) in [5.74, 6) is 0. The first kappa shape index (κ1) is 12.1. The van der Waals surface area contributed by atoms with Crippen molar-refractivity contribution < 1.29 is 5.11 Å². The highest BCUT2D eigenvalue weighted by molar-refractivity contribution is 5.47. The molecule has 0 aliphatic heterocycles. The Morgan fingerprint density at radius 3 is 2.82 bits per heavy atom. The van der Waals surface area contributed by atoms with Gasteiger partial charge in [-0.15, -0.1) is 6.58 Å². The van der Waals surface area contributed by atoms with Gasteiger partial charge in [-0.05, 0) is 31.4 Å². The molecule has 0 saturated heterocycles. The summed E-state index contributed by atoms with van der Waals surface area (Å²) >= 11 is 0. The van der Waals surface area contributed by atoms with Crippen LogP contribution in [0.1, 0.15) is 38.0 Å². The monoisotopic (exact) mass is 232 g/mol. The number of aliphatic hydroxyl groups excluding tert-OH is 1. The Balaban J connectivity index is 2.12. The van der Waals surface area contributed by atoms with Crippen molar-refractivity contribution in [2.75, 3.05) is 11.4 Å². The summed E-state index contributed by atoms with van der Waals surface area (Å²) in [4.78, 5) is 6.66. The summed E-state index contributed by atoms with van der Waals surface area (Å²) in [5, 5.41) is 9.69. The van der Waals surface area contributed by atoms with E-state index < -0.39 is 6.10 Å². The Kier molecular flexibility index (Phi) is 3.79. The lowest BCUT2D eigenvalue weighted by Crippen LogP contribution is -2.25. The summed E-state index contributed by atoms with van der Waals surface area (Å²) in [6.07, 6.45) is 6.55. The van der Waals surface area contributed by atoms with Gasteiger partial charge in [0.05, 0.1) is 23.7 Å². The zero-order valence-electron chi connectivity index (χ0n) is 10.3. The quantitative estimate of drug-likeness (QED) is 0.766. The van der Waals surface area contributed by atoms with Gasteiger partial charge in [0.25, 0.3) is 0 Å². The van der Waals surface area contributed by atoms with E-state index in [0.717, 1.165) is 17.9 Å². The molecule has 17 heavy (non-hydrogen) atoms. The van der Waals surface area contributed by atoms with Gasteiger partial charge in [-0.2, -0.15) is 0 Å². The van der Waals surface area contributed by atoms with Gasteiger partial charge < -0.3 is 10.0 Å². The van der Waals surface area contributed by atoms with Crippen LogP contribution in [0.2, 0.25) is 0 Å². The second kappa shape index (κ2) is 5.32. The van der Waals surface area contributed by atoms with Crippen molar-refractivity contribution in [1.29, 1.82) is 0 Å². The fraction of sp³-hybridized carbons (Fsp3) is 0.500. The second-order valence-electron chi connectivity index (χ2n) is 4.54. The highest BCUT2D eigenvalue weighted by Gasteiger charge is 2.28. The second-order valence-corrected chi connectivity index (χ2v) is 4.54. The summed E-state index contributed by atoms with van der Waals surface area (Å²) in [5.41, 5.74) is 1.88.